The summed E-state index contributed by atoms with van der Waals surface area (Å²) < 4.78 is 14.4. The van der Waals surface area contributed by atoms with E-state index >= 15 is 0 Å². The SMILES string of the molecule is CCCCCO[PH](=O)O. The molecule has 0 aromatic heterocycles. The van der Waals surface area contributed by atoms with Crippen LogP contribution in [0.4, 0.5) is 0 Å². The van der Waals surface area contributed by atoms with Crippen LogP contribution in [0, 0.1) is 0 Å². The Labute approximate surface area is 56.0 Å². The van der Waals surface area contributed by atoms with E-state index in [1.54, 1.807) is 0 Å². The Morgan fingerprint density at radius 1 is 1.56 bits per heavy atom. The molecule has 0 aliphatic carbocycles. The second kappa shape index (κ2) is 6.27. The minimum Gasteiger partial charge on any atom is -0.326 e. The van der Waals surface area contributed by atoms with Crippen LogP contribution in [0.25, 0.3) is 0 Å². The van der Waals surface area contributed by atoms with Crippen molar-refractivity contribution in [3.8, 4) is 0 Å². The highest BCUT2D eigenvalue weighted by Crippen LogP contribution is 2.14. The Hall–Kier alpha value is 0.150. The highest BCUT2D eigenvalue weighted by atomic mass is 31.1. The lowest BCUT2D eigenvalue weighted by Gasteiger charge is -1.96. The van der Waals surface area contributed by atoms with Crippen molar-refractivity contribution in [3.05, 3.63) is 0 Å². The zero-order chi connectivity index (χ0) is 7.11. The number of hydrogen-bond acceptors (Lipinski definition) is 2. The Kier molecular flexibility index (Phi) is 6.38. The molecule has 0 aromatic rings. The lowest BCUT2D eigenvalue weighted by molar-refractivity contribution is 0.274. The van der Waals surface area contributed by atoms with Crippen LogP contribution in [0.5, 0.6) is 0 Å². The molecule has 0 saturated carbocycles. The summed E-state index contributed by atoms with van der Waals surface area (Å²) in [5.74, 6) is 0. The monoisotopic (exact) mass is 152 g/mol. The van der Waals surface area contributed by atoms with E-state index in [9.17, 15) is 4.57 Å². The Morgan fingerprint density at radius 3 is 2.67 bits per heavy atom. The van der Waals surface area contributed by atoms with Crippen molar-refractivity contribution in [1.29, 1.82) is 0 Å². The number of unbranched alkanes of at least 4 members (excludes halogenated alkanes) is 2. The zero-order valence-corrected chi connectivity index (χ0v) is 6.59. The van der Waals surface area contributed by atoms with E-state index in [4.69, 9.17) is 4.89 Å². The second-order valence-electron chi connectivity index (χ2n) is 1.82. The fraction of sp³-hybridized carbons (Fsp3) is 1.00. The van der Waals surface area contributed by atoms with E-state index in [1.165, 1.54) is 0 Å². The van der Waals surface area contributed by atoms with Gasteiger partial charge in [0.2, 0.25) is 0 Å². The highest BCUT2D eigenvalue weighted by molar-refractivity contribution is 7.32. The molecule has 9 heavy (non-hydrogen) atoms. The minimum atomic E-state index is -2.67. The van der Waals surface area contributed by atoms with Crippen molar-refractivity contribution in [1.82, 2.24) is 0 Å². The van der Waals surface area contributed by atoms with Gasteiger partial charge >= 0.3 is 8.25 Å². The summed E-state index contributed by atoms with van der Waals surface area (Å²) in [4.78, 5) is 8.18. The normalized spacial score (nSPS) is 13.6. The quantitative estimate of drug-likeness (QED) is 0.480. The van der Waals surface area contributed by atoms with E-state index in [0.717, 1.165) is 19.3 Å². The maximum absolute atomic E-state index is 9.93. The fourth-order valence-electron chi connectivity index (χ4n) is 0.512. The Morgan fingerprint density at radius 2 is 2.22 bits per heavy atom. The summed E-state index contributed by atoms with van der Waals surface area (Å²) in [6.07, 6.45) is 3.05. The summed E-state index contributed by atoms with van der Waals surface area (Å²) in [5.41, 5.74) is 0. The van der Waals surface area contributed by atoms with Gasteiger partial charge in [0.05, 0.1) is 6.61 Å². The van der Waals surface area contributed by atoms with Gasteiger partial charge < -0.3 is 9.42 Å². The number of rotatable bonds is 5. The first kappa shape index (κ1) is 9.15. The Balaban J connectivity index is 2.83. The third-order valence-corrected chi connectivity index (χ3v) is 1.42. The molecule has 0 saturated heterocycles. The van der Waals surface area contributed by atoms with Crippen molar-refractivity contribution in [2.45, 2.75) is 26.2 Å². The van der Waals surface area contributed by atoms with Crippen LogP contribution >= 0.6 is 8.25 Å². The maximum atomic E-state index is 9.93. The predicted molar refractivity (Wildman–Crippen MR) is 36.7 cm³/mol. The molecule has 0 bridgehead atoms. The highest BCUT2D eigenvalue weighted by Gasteiger charge is 1.89. The average Bonchev–Trinajstić information content (AvgIpc) is 1.80. The van der Waals surface area contributed by atoms with Crippen molar-refractivity contribution in [3.63, 3.8) is 0 Å². The van der Waals surface area contributed by atoms with Crippen LogP contribution in [0.15, 0.2) is 0 Å². The molecule has 1 N–H and O–H groups in total. The van der Waals surface area contributed by atoms with Crippen molar-refractivity contribution >= 4 is 8.25 Å². The van der Waals surface area contributed by atoms with E-state index < -0.39 is 8.25 Å². The molecular weight excluding hydrogens is 139 g/mol. The van der Waals surface area contributed by atoms with Crippen LogP contribution in [0.1, 0.15) is 26.2 Å². The van der Waals surface area contributed by atoms with E-state index in [2.05, 4.69) is 11.4 Å². The summed E-state index contributed by atoms with van der Waals surface area (Å²) in [5, 5.41) is 0. The first-order valence-corrected chi connectivity index (χ1v) is 4.39. The summed E-state index contributed by atoms with van der Waals surface area (Å²) in [6.45, 7) is 2.49. The molecule has 0 amide bonds. The molecule has 0 fully saturated rings. The van der Waals surface area contributed by atoms with Crippen LogP contribution in [-0.4, -0.2) is 11.5 Å². The van der Waals surface area contributed by atoms with Gasteiger partial charge in [0.25, 0.3) is 0 Å². The number of hydrogen-bond donors (Lipinski definition) is 1. The summed E-state index contributed by atoms with van der Waals surface area (Å²) in [6, 6.07) is 0. The minimum absolute atomic E-state index is 0.419. The lowest BCUT2D eigenvalue weighted by Crippen LogP contribution is -1.84. The molecule has 0 aliphatic rings. The van der Waals surface area contributed by atoms with Gasteiger partial charge in [-0.05, 0) is 6.42 Å². The first-order valence-electron chi connectivity index (χ1n) is 3.13. The Bertz CT molecular complexity index is 84.3. The molecule has 1 atom stereocenters. The summed E-state index contributed by atoms with van der Waals surface area (Å²) in [7, 11) is -2.67. The largest absolute Gasteiger partial charge is 0.326 e. The van der Waals surface area contributed by atoms with Gasteiger partial charge in [-0.25, -0.2) is 0 Å². The maximum Gasteiger partial charge on any atom is 0.316 e. The van der Waals surface area contributed by atoms with Gasteiger partial charge in [-0.3, -0.25) is 4.57 Å². The molecular formula is C5H13O3P. The van der Waals surface area contributed by atoms with Gasteiger partial charge in [0.1, 0.15) is 0 Å². The van der Waals surface area contributed by atoms with Crippen LogP contribution in [-0.2, 0) is 9.09 Å². The van der Waals surface area contributed by atoms with Crippen LogP contribution in [0.2, 0.25) is 0 Å². The smallest absolute Gasteiger partial charge is 0.316 e. The van der Waals surface area contributed by atoms with Gasteiger partial charge in [-0.15, -0.1) is 0 Å². The van der Waals surface area contributed by atoms with Gasteiger partial charge in [0, 0.05) is 0 Å². The molecule has 3 nitrogen and oxygen atoms in total. The predicted octanol–water partition coefficient (Wildman–Crippen LogP) is 1.58. The standard InChI is InChI=1S/C5H13O3P/c1-2-3-4-5-8-9(6)7/h9H,2-5H2,1H3,(H,6,7). The molecule has 1 unspecified atom stereocenters. The van der Waals surface area contributed by atoms with Gasteiger partial charge in [-0.1, -0.05) is 19.8 Å². The second-order valence-corrected chi connectivity index (χ2v) is 2.64. The first-order chi connectivity index (χ1) is 4.27. The summed E-state index contributed by atoms with van der Waals surface area (Å²) >= 11 is 0. The molecule has 0 heterocycles. The average molecular weight is 152 g/mol. The third-order valence-electron chi connectivity index (χ3n) is 0.973. The molecule has 0 rings (SSSR count). The molecule has 0 aromatic carbocycles. The zero-order valence-electron chi connectivity index (χ0n) is 5.59. The molecule has 4 heteroatoms. The van der Waals surface area contributed by atoms with E-state index in [1.807, 2.05) is 0 Å². The molecule has 0 aliphatic heterocycles. The van der Waals surface area contributed by atoms with Gasteiger partial charge in [0.15, 0.2) is 0 Å². The van der Waals surface area contributed by atoms with Crippen LogP contribution < -0.4 is 0 Å². The van der Waals surface area contributed by atoms with E-state index in [0.29, 0.717) is 6.61 Å². The molecule has 56 valence electrons. The fourth-order valence-corrected chi connectivity index (χ4v) is 0.830. The van der Waals surface area contributed by atoms with Crippen molar-refractivity contribution in [2.24, 2.45) is 0 Å². The van der Waals surface area contributed by atoms with E-state index in [-0.39, 0.29) is 0 Å². The van der Waals surface area contributed by atoms with Crippen LogP contribution in [0.3, 0.4) is 0 Å². The lowest BCUT2D eigenvalue weighted by atomic mass is 10.3. The molecule has 0 radical (unpaired) electrons. The van der Waals surface area contributed by atoms with Crippen molar-refractivity contribution < 1.29 is 14.0 Å². The van der Waals surface area contributed by atoms with Crippen molar-refractivity contribution in [2.75, 3.05) is 6.61 Å². The molecule has 0 spiro atoms. The third kappa shape index (κ3) is 8.15. The van der Waals surface area contributed by atoms with Gasteiger partial charge in [-0.2, -0.15) is 0 Å². The topological polar surface area (TPSA) is 46.5 Å².